The van der Waals surface area contributed by atoms with Crippen LogP contribution in [0.1, 0.15) is 37.0 Å². The molecular weight excluding hydrogens is 599 g/mol. The molecule has 2 aromatic heterocycles. The number of carboxylic acids is 1. The number of nitrogen functional groups attached to an aromatic ring is 1. The highest BCUT2D eigenvalue weighted by atomic mass is 35.5. The lowest BCUT2D eigenvalue weighted by molar-refractivity contribution is -0.285. The molecule has 0 radical (unpaired) electrons. The minimum absolute atomic E-state index is 0.0382. The van der Waals surface area contributed by atoms with Crippen LogP contribution in [0.5, 0.6) is 0 Å². The number of aromatic nitrogens is 4. The molecule has 1 aliphatic heterocycles. The van der Waals surface area contributed by atoms with Crippen LogP contribution >= 0.6 is 11.6 Å². The number of amides is 1. The maximum atomic E-state index is 13.7. The summed E-state index contributed by atoms with van der Waals surface area (Å²) >= 11 is 6.07. The topological polar surface area (TPSA) is 136 Å². The van der Waals surface area contributed by atoms with Crippen LogP contribution in [-0.4, -0.2) is 48.8 Å². The predicted octanol–water partition coefficient (Wildman–Crippen LogP) is 5.84. The first-order chi connectivity index (χ1) is 20.0. The molecule has 4 N–H and O–H groups in total. The van der Waals surface area contributed by atoms with E-state index in [-0.39, 0.29) is 39.3 Å². The fraction of sp³-hybridized carbons (Fsp3) is 0.321. The summed E-state index contributed by atoms with van der Waals surface area (Å²) in [7, 11) is 0. The van der Waals surface area contributed by atoms with E-state index in [2.05, 4.69) is 20.4 Å². The first-order valence-corrected chi connectivity index (χ1v) is 13.3. The van der Waals surface area contributed by atoms with Gasteiger partial charge in [-0.3, -0.25) is 14.3 Å². The van der Waals surface area contributed by atoms with Gasteiger partial charge in [-0.2, -0.15) is 27.1 Å². The van der Waals surface area contributed by atoms with Crippen LogP contribution in [0.4, 0.5) is 33.6 Å². The second-order valence-electron chi connectivity index (χ2n) is 10.6. The molecule has 4 aromatic rings. The van der Waals surface area contributed by atoms with Gasteiger partial charge in [0.1, 0.15) is 22.7 Å². The van der Waals surface area contributed by atoms with Crippen molar-refractivity contribution >= 4 is 46.0 Å². The molecule has 0 aliphatic carbocycles. The van der Waals surface area contributed by atoms with E-state index in [1.807, 2.05) is 0 Å². The number of alkyl halides is 5. The normalized spacial score (nSPS) is 17.6. The molecule has 0 saturated heterocycles. The highest BCUT2D eigenvalue weighted by Crippen LogP contribution is 2.45. The second-order valence-corrected chi connectivity index (χ2v) is 11.0. The molecule has 226 valence electrons. The van der Waals surface area contributed by atoms with Crippen molar-refractivity contribution in [2.24, 2.45) is 5.92 Å². The van der Waals surface area contributed by atoms with E-state index in [1.54, 1.807) is 38.1 Å². The molecule has 0 spiro atoms. The molecule has 2 aromatic carbocycles. The molecule has 1 aliphatic rings. The van der Waals surface area contributed by atoms with Gasteiger partial charge in [-0.15, -0.1) is 0 Å². The molecule has 0 fully saturated rings. The van der Waals surface area contributed by atoms with Gasteiger partial charge in [0, 0.05) is 23.4 Å². The van der Waals surface area contributed by atoms with Crippen molar-refractivity contribution in [3.63, 3.8) is 0 Å². The Morgan fingerprint density at radius 3 is 2.44 bits per heavy atom. The van der Waals surface area contributed by atoms with Gasteiger partial charge in [0.2, 0.25) is 5.91 Å². The Balaban J connectivity index is 1.53. The predicted molar refractivity (Wildman–Crippen MR) is 148 cm³/mol. The van der Waals surface area contributed by atoms with E-state index < -0.39 is 48.3 Å². The summed E-state index contributed by atoms with van der Waals surface area (Å²) in [4.78, 5) is 33.3. The molecule has 1 unspecified atom stereocenters. The standard InChI is InChI=1S/C28H24ClF5N6O3/c1-13(24(41)42)11-14-3-5-15(6-4-14)26(2)19-21(35)36-23(37-22(19)38-25(26)43)20-17-8-7-16(29)12-18(17)40(39-20)10-9-27(30,31)28(32,33)34/h3-8,12-13H,9-11H2,1-2H3,(H,41,42)(H3,35,36,37,38,43)/t13-,26?/m0/s1. The zero-order valence-electron chi connectivity index (χ0n) is 22.6. The summed E-state index contributed by atoms with van der Waals surface area (Å²) in [5.41, 5.74) is 6.86. The van der Waals surface area contributed by atoms with Crippen LogP contribution in [0.25, 0.3) is 22.4 Å². The largest absolute Gasteiger partial charge is 0.481 e. The van der Waals surface area contributed by atoms with Gasteiger partial charge in [-0.05, 0) is 42.7 Å². The van der Waals surface area contributed by atoms with Crippen molar-refractivity contribution in [3.8, 4) is 11.5 Å². The first kappa shape index (κ1) is 30.1. The zero-order valence-corrected chi connectivity index (χ0v) is 23.4. The molecule has 0 saturated carbocycles. The molecule has 15 heteroatoms. The van der Waals surface area contributed by atoms with Gasteiger partial charge in [-0.1, -0.05) is 42.8 Å². The van der Waals surface area contributed by atoms with Crippen LogP contribution < -0.4 is 11.1 Å². The molecular formula is C28H24ClF5N6O3. The smallest absolute Gasteiger partial charge is 0.453 e. The van der Waals surface area contributed by atoms with Gasteiger partial charge in [0.05, 0.1) is 17.0 Å². The lowest BCUT2D eigenvalue weighted by atomic mass is 9.77. The lowest BCUT2D eigenvalue weighted by Gasteiger charge is -2.23. The molecule has 1 amide bonds. The number of hydrogen-bond donors (Lipinski definition) is 3. The van der Waals surface area contributed by atoms with Crippen LogP contribution in [-0.2, 0) is 28.0 Å². The summed E-state index contributed by atoms with van der Waals surface area (Å²) in [5.74, 6) is -7.02. The third-order valence-electron chi connectivity index (χ3n) is 7.60. The van der Waals surface area contributed by atoms with E-state index in [0.717, 1.165) is 10.2 Å². The summed E-state index contributed by atoms with van der Waals surface area (Å²) in [6.45, 7) is 2.43. The number of carbonyl (C=O) groups excluding carboxylic acids is 1. The molecule has 9 nitrogen and oxygen atoms in total. The number of benzene rings is 2. The Labute approximate surface area is 245 Å². The summed E-state index contributed by atoms with van der Waals surface area (Å²) in [6, 6.07) is 11.2. The van der Waals surface area contributed by atoms with E-state index in [1.165, 1.54) is 18.2 Å². The second kappa shape index (κ2) is 10.4. The number of nitrogens with zero attached hydrogens (tertiary/aromatic N) is 4. The molecule has 43 heavy (non-hydrogen) atoms. The SMILES string of the molecule is C[C@@H](Cc1ccc(C2(C)C(=O)Nc3nc(-c4nn(CCC(F)(F)C(F)(F)F)c5cc(Cl)ccc45)nc(N)c32)cc1)C(=O)O. The van der Waals surface area contributed by atoms with Crippen molar-refractivity contribution < 1.29 is 36.6 Å². The lowest BCUT2D eigenvalue weighted by Crippen LogP contribution is -2.37. The van der Waals surface area contributed by atoms with Crippen LogP contribution in [0.2, 0.25) is 5.02 Å². The van der Waals surface area contributed by atoms with Crippen LogP contribution in [0, 0.1) is 5.92 Å². The maximum absolute atomic E-state index is 13.7. The Morgan fingerprint density at radius 2 is 1.81 bits per heavy atom. The van der Waals surface area contributed by atoms with E-state index in [4.69, 9.17) is 17.3 Å². The summed E-state index contributed by atoms with van der Waals surface area (Å²) < 4.78 is 66.7. The number of carboxylic acid groups (broad SMARTS) is 1. The third kappa shape index (κ3) is 5.24. The van der Waals surface area contributed by atoms with Crippen LogP contribution in [0.3, 0.4) is 0 Å². The van der Waals surface area contributed by atoms with Crippen molar-refractivity contribution in [2.45, 2.75) is 50.7 Å². The molecule has 5 rings (SSSR count). The minimum atomic E-state index is -5.73. The Kier molecular flexibility index (Phi) is 7.31. The quantitative estimate of drug-likeness (QED) is 0.210. The van der Waals surface area contributed by atoms with Gasteiger partial charge in [0.25, 0.3) is 0 Å². The number of nitrogens with two attached hydrogens (primary N) is 1. The first-order valence-electron chi connectivity index (χ1n) is 13.0. The highest BCUT2D eigenvalue weighted by molar-refractivity contribution is 6.31. The van der Waals surface area contributed by atoms with Gasteiger partial charge in [-0.25, -0.2) is 9.97 Å². The van der Waals surface area contributed by atoms with Gasteiger partial charge >= 0.3 is 18.1 Å². The fourth-order valence-corrected chi connectivity index (χ4v) is 5.24. The average molecular weight is 623 g/mol. The molecule has 0 bridgehead atoms. The Morgan fingerprint density at radius 1 is 1.14 bits per heavy atom. The van der Waals surface area contributed by atoms with Crippen molar-refractivity contribution in [1.29, 1.82) is 0 Å². The Bertz CT molecular complexity index is 1760. The average Bonchev–Trinajstić information content (AvgIpc) is 3.41. The van der Waals surface area contributed by atoms with E-state index >= 15 is 0 Å². The molecule has 2 atom stereocenters. The van der Waals surface area contributed by atoms with E-state index in [0.29, 0.717) is 17.4 Å². The van der Waals surface area contributed by atoms with E-state index in [9.17, 15) is 36.6 Å². The molecule has 3 heterocycles. The number of rotatable bonds is 8. The summed E-state index contributed by atoms with van der Waals surface area (Å²) in [6.07, 6.45) is -6.99. The maximum Gasteiger partial charge on any atom is 0.453 e. The Hall–Kier alpha value is -4.33. The van der Waals surface area contributed by atoms with Gasteiger partial charge in [0.15, 0.2) is 5.82 Å². The van der Waals surface area contributed by atoms with Crippen molar-refractivity contribution in [2.75, 3.05) is 11.1 Å². The monoisotopic (exact) mass is 622 g/mol. The van der Waals surface area contributed by atoms with Crippen molar-refractivity contribution in [3.05, 3.63) is 64.2 Å². The highest BCUT2D eigenvalue weighted by Gasteiger charge is 2.56. The number of halogens is 6. The number of aryl methyl sites for hydroxylation is 1. The number of nitrogens with one attached hydrogen (secondary N) is 1. The zero-order chi connectivity index (χ0) is 31.5. The number of fused-ring (bicyclic) bond motifs is 2. The fourth-order valence-electron chi connectivity index (χ4n) is 5.07. The number of aliphatic carboxylic acids is 1. The van der Waals surface area contributed by atoms with Crippen molar-refractivity contribution in [1.82, 2.24) is 19.7 Å². The number of carbonyl (C=O) groups is 2. The number of hydrogen-bond acceptors (Lipinski definition) is 6. The minimum Gasteiger partial charge on any atom is -0.481 e. The van der Waals surface area contributed by atoms with Crippen LogP contribution in [0.15, 0.2) is 42.5 Å². The third-order valence-corrected chi connectivity index (χ3v) is 7.83. The van der Waals surface area contributed by atoms with Gasteiger partial charge < -0.3 is 16.2 Å². The summed E-state index contributed by atoms with van der Waals surface area (Å²) in [5, 5.41) is 16.6. The number of anilines is 2.